The minimum absolute atomic E-state index is 0.00105. The van der Waals surface area contributed by atoms with Crippen LogP contribution < -0.4 is 20.9 Å². The number of nitrogens with zero attached hydrogens (tertiary/aromatic N) is 1. The van der Waals surface area contributed by atoms with Gasteiger partial charge in [-0.3, -0.25) is 30.6 Å². The number of aromatic nitrogens is 1. The van der Waals surface area contributed by atoms with E-state index in [0.29, 0.717) is 21.5 Å². The molecule has 2 heterocycles. The fourth-order valence-electron chi connectivity index (χ4n) is 2.62. The van der Waals surface area contributed by atoms with E-state index in [2.05, 4.69) is 21.2 Å². The number of fused-ring (bicyclic) bond motifs is 1. The number of hydrogen-bond donors (Lipinski definition) is 3. The second-order valence-corrected chi connectivity index (χ2v) is 7.56. The molecule has 1 saturated heterocycles. The Labute approximate surface area is 177 Å². The van der Waals surface area contributed by atoms with Crippen molar-refractivity contribution in [2.75, 3.05) is 11.9 Å². The molecule has 1 aliphatic rings. The fraction of sp³-hybridized carbons (Fsp3) is 0.0526. The second kappa shape index (κ2) is 8.09. The van der Waals surface area contributed by atoms with Crippen molar-refractivity contribution >= 4 is 62.1 Å². The monoisotopic (exact) mass is 446 g/mol. The maximum Gasteiger partial charge on any atom is 0.275 e. The van der Waals surface area contributed by atoms with Crippen LogP contribution >= 0.6 is 22.9 Å². The molecule has 3 amide bonds. The summed E-state index contributed by atoms with van der Waals surface area (Å²) in [5.41, 5.74) is 5.45. The molecule has 1 aromatic heterocycles. The third kappa shape index (κ3) is 4.24. The normalized spacial score (nSPS) is 13.2. The van der Waals surface area contributed by atoms with Gasteiger partial charge in [0.05, 0.1) is 9.72 Å². The summed E-state index contributed by atoms with van der Waals surface area (Å²) in [6, 6.07) is 8.94. The topological polar surface area (TPSA) is 109 Å². The van der Waals surface area contributed by atoms with Gasteiger partial charge in [0.15, 0.2) is 11.7 Å². The lowest BCUT2D eigenvalue weighted by molar-refractivity contribution is -0.118. The molecule has 2 aromatic carbocycles. The number of ether oxygens (including phenoxy) is 1. The molecular weight excluding hydrogens is 435 g/mol. The summed E-state index contributed by atoms with van der Waals surface area (Å²) in [7, 11) is 0. The highest BCUT2D eigenvalue weighted by Gasteiger charge is 2.25. The lowest BCUT2D eigenvalue weighted by Gasteiger charge is -2.06. The Hall–Kier alpha value is -3.50. The quantitative estimate of drug-likeness (QED) is 0.412. The number of benzene rings is 2. The Balaban J connectivity index is 1.36. The molecule has 0 unspecified atom stereocenters. The van der Waals surface area contributed by atoms with Crippen LogP contribution in [0.2, 0.25) is 5.02 Å². The van der Waals surface area contributed by atoms with Crippen LogP contribution in [0.3, 0.4) is 0 Å². The van der Waals surface area contributed by atoms with E-state index < -0.39 is 23.5 Å². The summed E-state index contributed by atoms with van der Waals surface area (Å²) < 4.78 is 19.3. The molecule has 1 fully saturated rings. The fourth-order valence-corrected chi connectivity index (χ4v) is 3.86. The first-order chi connectivity index (χ1) is 14.4. The number of hydrazine groups is 1. The predicted octanol–water partition coefficient (Wildman–Crippen LogP) is 2.65. The Kier molecular flexibility index (Phi) is 5.34. The molecule has 0 bridgehead atoms. The highest BCUT2D eigenvalue weighted by Crippen LogP contribution is 2.31. The van der Waals surface area contributed by atoms with Gasteiger partial charge in [-0.1, -0.05) is 35.1 Å². The van der Waals surface area contributed by atoms with Crippen LogP contribution in [0.25, 0.3) is 16.3 Å². The summed E-state index contributed by atoms with van der Waals surface area (Å²) in [5, 5.41) is 3.03. The van der Waals surface area contributed by atoms with Crippen molar-refractivity contribution in [2.45, 2.75) is 0 Å². The van der Waals surface area contributed by atoms with Gasteiger partial charge >= 0.3 is 0 Å². The first-order valence-electron chi connectivity index (χ1n) is 8.50. The lowest BCUT2D eigenvalue weighted by Crippen LogP contribution is -2.28. The number of thiazole rings is 1. The predicted molar refractivity (Wildman–Crippen MR) is 109 cm³/mol. The molecular formula is C19H12ClFN4O4S. The van der Waals surface area contributed by atoms with E-state index in [9.17, 15) is 18.8 Å². The summed E-state index contributed by atoms with van der Waals surface area (Å²) in [5.74, 6) is -1.52. The number of rotatable bonds is 5. The van der Waals surface area contributed by atoms with Gasteiger partial charge in [0.1, 0.15) is 22.7 Å². The first kappa shape index (κ1) is 19.8. The summed E-state index contributed by atoms with van der Waals surface area (Å²) in [4.78, 5) is 39.3. The highest BCUT2D eigenvalue weighted by molar-refractivity contribution is 7.22. The number of carbonyl (C=O) groups excluding carboxylic acids is 3. The van der Waals surface area contributed by atoms with Crippen molar-refractivity contribution in [3.05, 3.63) is 58.4 Å². The van der Waals surface area contributed by atoms with Crippen molar-refractivity contribution in [3.63, 3.8) is 0 Å². The molecule has 4 rings (SSSR count). The maximum atomic E-state index is 13.4. The average Bonchev–Trinajstić information content (AvgIpc) is 3.25. The van der Waals surface area contributed by atoms with Crippen LogP contribution in [0.5, 0.6) is 5.75 Å². The zero-order valence-electron chi connectivity index (χ0n) is 15.0. The van der Waals surface area contributed by atoms with E-state index in [1.807, 2.05) is 0 Å². The van der Waals surface area contributed by atoms with Crippen molar-refractivity contribution < 1.29 is 23.5 Å². The maximum absolute atomic E-state index is 13.4. The first-order valence-corrected chi connectivity index (χ1v) is 9.69. The minimum atomic E-state index is -0.504. The summed E-state index contributed by atoms with van der Waals surface area (Å²) >= 11 is 7.05. The van der Waals surface area contributed by atoms with E-state index in [1.54, 1.807) is 24.3 Å². The molecule has 0 radical (unpaired) electrons. The van der Waals surface area contributed by atoms with Crippen LogP contribution in [0, 0.1) is 5.82 Å². The molecule has 1 aliphatic heterocycles. The highest BCUT2D eigenvalue weighted by atomic mass is 35.5. The van der Waals surface area contributed by atoms with E-state index in [1.165, 1.54) is 12.1 Å². The molecule has 0 atom stereocenters. The van der Waals surface area contributed by atoms with Gasteiger partial charge in [-0.2, -0.15) is 0 Å². The van der Waals surface area contributed by atoms with Gasteiger partial charge < -0.3 is 4.74 Å². The van der Waals surface area contributed by atoms with E-state index in [4.69, 9.17) is 16.3 Å². The van der Waals surface area contributed by atoms with Gasteiger partial charge in [0, 0.05) is 0 Å². The third-order valence-electron chi connectivity index (χ3n) is 4.00. The number of halogens is 2. The Bertz CT molecular complexity index is 1190. The molecule has 30 heavy (non-hydrogen) atoms. The SMILES string of the molecule is O=C(COc1ccc(C=C2C(=O)NNC2=O)cc1)Nc1nc2c(Cl)cc(F)cc2s1. The van der Waals surface area contributed by atoms with E-state index in [-0.39, 0.29) is 22.3 Å². The van der Waals surface area contributed by atoms with Gasteiger partial charge in [-0.25, -0.2) is 9.37 Å². The lowest BCUT2D eigenvalue weighted by atomic mass is 10.1. The smallest absolute Gasteiger partial charge is 0.275 e. The molecule has 8 nitrogen and oxygen atoms in total. The van der Waals surface area contributed by atoms with E-state index in [0.717, 1.165) is 17.4 Å². The van der Waals surface area contributed by atoms with Crippen molar-refractivity contribution in [1.82, 2.24) is 15.8 Å². The molecule has 3 N–H and O–H groups in total. The summed E-state index contributed by atoms with van der Waals surface area (Å²) in [6.45, 7) is -0.275. The number of amides is 3. The molecule has 0 aliphatic carbocycles. The number of hydrogen-bond acceptors (Lipinski definition) is 6. The van der Waals surface area contributed by atoms with Crippen LogP contribution in [0.4, 0.5) is 9.52 Å². The molecule has 0 saturated carbocycles. The van der Waals surface area contributed by atoms with Gasteiger partial charge in [0.25, 0.3) is 17.7 Å². The Morgan fingerprint density at radius 1 is 1.20 bits per heavy atom. The number of anilines is 1. The summed E-state index contributed by atoms with van der Waals surface area (Å²) in [6.07, 6.45) is 1.44. The molecule has 11 heteroatoms. The molecule has 0 spiro atoms. The average molecular weight is 447 g/mol. The zero-order valence-corrected chi connectivity index (χ0v) is 16.6. The van der Waals surface area contributed by atoms with Crippen molar-refractivity contribution in [3.8, 4) is 5.75 Å². The van der Waals surface area contributed by atoms with Crippen LogP contribution in [-0.2, 0) is 14.4 Å². The largest absolute Gasteiger partial charge is 0.484 e. The van der Waals surface area contributed by atoms with Gasteiger partial charge in [-0.05, 0) is 35.9 Å². The van der Waals surface area contributed by atoms with Gasteiger partial charge in [-0.15, -0.1) is 0 Å². The molecule has 3 aromatic rings. The van der Waals surface area contributed by atoms with Crippen LogP contribution in [0.1, 0.15) is 5.56 Å². The Morgan fingerprint density at radius 2 is 1.90 bits per heavy atom. The Morgan fingerprint density at radius 3 is 2.60 bits per heavy atom. The standard InChI is InChI=1S/C19H12ClFN4O4S/c20-13-6-10(21)7-14-16(13)23-19(30-14)22-15(26)8-29-11-3-1-9(2-4-11)5-12-17(27)24-25-18(12)28/h1-7H,8H2,(H,24,27)(H,25,28)(H,22,23,26). The minimum Gasteiger partial charge on any atom is -0.484 e. The van der Waals surface area contributed by atoms with Gasteiger partial charge in [0.2, 0.25) is 0 Å². The zero-order chi connectivity index (χ0) is 21.3. The van der Waals surface area contributed by atoms with E-state index >= 15 is 0 Å². The molecule has 152 valence electrons. The number of nitrogens with one attached hydrogen (secondary N) is 3. The van der Waals surface area contributed by atoms with Crippen LogP contribution in [0.15, 0.2) is 42.0 Å². The van der Waals surface area contributed by atoms with Crippen molar-refractivity contribution in [2.24, 2.45) is 0 Å². The second-order valence-electron chi connectivity index (χ2n) is 6.13. The van der Waals surface area contributed by atoms with Crippen LogP contribution in [-0.4, -0.2) is 29.3 Å². The van der Waals surface area contributed by atoms with Crippen molar-refractivity contribution in [1.29, 1.82) is 0 Å². The third-order valence-corrected chi connectivity index (χ3v) is 5.21. The number of carbonyl (C=O) groups is 3.